The Balaban J connectivity index is 1.75. The van der Waals surface area contributed by atoms with Gasteiger partial charge in [0.1, 0.15) is 5.82 Å². The van der Waals surface area contributed by atoms with Gasteiger partial charge in [0.25, 0.3) is 0 Å². The normalized spacial score (nSPS) is 17.8. The zero-order chi connectivity index (χ0) is 13.9. The first-order valence-corrected chi connectivity index (χ1v) is 7.27. The maximum absolute atomic E-state index is 13.3. The lowest BCUT2D eigenvalue weighted by Gasteiger charge is -2.26. The van der Waals surface area contributed by atoms with E-state index in [-0.39, 0.29) is 5.82 Å². The Hall–Kier alpha value is -1.67. The molecule has 0 aromatic heterocycles. The van der Waals surface area contributed by atoms with Crippen LogP contribution in [0.2, 0.25) is 0 Å². The molecule has 1 N–H and O–H groups in total. The summed E-state index contributed by atoms with van der Waals surface area (Å²) in [7, 11) is 0. The highest BCUT2D eigenvalue weighted by atomic mass is 19.1. The third kappa shape index (κ3) is 2.75. The average Bonchev–Trinajstić information content (AvgIpc) is 2.48. The molecule has 0 aliphatic carbocycles. The second-order valence-electron chi connectivity index (χ2n) is 5.64. The maximum Gasteiger partial charge on any atom is 0.123 e. The Kier molecular flexibility index (Phi) is 3.83. The fourth-order valence-electron chi connectivity index (χ4n) is 3.08. The summed E-state index contributed by atoms with van der Waals surface area (Å²) in [6.45, 7) is 4.04. The minimum atomic E-state index is -0.132. The van der Waals surface area contributed by atoms with Crippen molar-refractivity contribution in [3.05, 3.63) is 70.5 Å². The van der Waals surface area contributed by atoms with Crippen molar-refractivity contribution in [2.75, 3.05) is 6.54 Å². The van der Waals surface area contributed by atoms with Crippen molar-refractivity contribution in [3.8, 4) is 0 Å². The third-order valence-corrected chi connectivity index (χ3v) is 4.27. The van der Waals surface area contributed by atoms with E-state index in [1.165, 1.54) is 22.8 Å². The molecule has 104 valence electrons. The topological polar surface area (TPSA) is 12.0 Å². The van der Waals surface area contributed by atoms with Crippen LogP contribution in [0.25, 0.3) is 0 Å². The molecule has 0 fully saturated rings. The number of fused-ring (bicyclic) bond motifs is 1. The van der Waals surface area contributed by atoms with Gasteiger partial charge in [0.2, 0.25) is 0 Å². The molecule has 0 spiro atoms. The van der Waals surface area contributed by atoms with Gasteiger partial charge in [0.15, 0.2) is 0 Å². The first-order valence-electron chi connectivity index (χ1n) is 7.27. The van der Waals surface area contributed by atoms with E-state index in [2.05, 4.69) is 36.5 Å². The van der Waals surface area contributed by atoms with Gasteiger partial charge in [-0.3, -0.25) is 0 Å². The van der Waals surface area contributed by atoms with E-state index in [0.29, 0.717) is 5.92 Å². The van der Waals surface area contributed by atoms with Gasteiger partial charge in [-0.1, -0.05) is 30.3 Å². The number of rotatable bonds is 3. The highest BCUT2D eigenvalue weighted by molar-refractivity contribution is 5.33. The number of aryl methyl sites for hydroxylation is 2. The van der Waals surface area contributed by atoms with Crippen LogP contribution >= 0.6 is 0 Å². The van der Waals surface area contributed by atoms with Crippen molar-refractivity contribution >= 4 is 0 Å². The van der Waals surface area contributed by atoms with Crippen LogP contribution < -0.4 is 5.32 Å². The summed E-state index contributed by atoms with van der Waals surface area (Å²) in [5, 5.41) is 3.48. The molecule has 0 radical (unpaired) electrons. The Morgan fingerprint density at radius 2 is 2.05 bits per heavy atom. The first-order chi connectivity index (χ1) is 9.74. The predicted molar refractivity (Wildman–Crippen MR) is 80.3 cm³/mol. The Labute approximate surface area is 119 Å². The molecule has 2 aromatic carbocycles. The number of hydrogen-bond donors (Lipinski definition) is 1. The van der Waals surface area contributed by atoms with Gasteiger partial charge in [0, 0.05) is 13.1 Å². The van der Waals surface area contributed by atoms with E-state index < -0.39 is 0 Å². The molecule has 1 nitrogen and oxygen atoms in total. The minimum Gasteiger partial charge on any atom is -0.312 e. The molecule has 2 aromatic rings. The zero-order valence-corrected chi connectivity index (χ0v) is 11.8. The Morgan fingerprint density at radius 3 is 2.95 bits per heavy atom. The monoisotopic (exact) mass is 269 g/mol. The molecule has 0 saturated carbocycles. The number of nitrogens with one attached hydrogen (secondary N) is 1. The summed E-state index contributed by atoms with van der Waals surface area (Å²) in [6.07, 6.45) is 2.00. The molecule has 1 heterocycles. The van der Waals surface area contributed by atoms with Crippen LogP contribution in [0.1, 0.15) is 34.6 Å². The Bertz CT molecular complexity index is 606. The van der Waals surface area contributed by atoms with E-state index >= 15 is 0 Å². The van der Waals surface area contributed by atoms with E-state index in [9.17, 15) is 4.39 Å². The van der Waals surface area contributed by atoms with Crippen molar-refractivity contribution < 1.29 is 4.39 Å². The van der Waals surface area contributed by atoms with Crippen molar-refractivity contribution in [1.82, 2.24) is 5.32 Å². The van der Waals surface area contributed by atoms with Crippen LogP contribution in [0.4, 0.5) is 4.39 Å². The summed E-state index contributed by atoms with van der Waals surface area (Å²) in [6, 6.07) is 13.7. The van der Waals surface area contributed by atoms with Gasteiger partial charge >= 0.3 is 0 Å². The molecule has 1 atom stereocenters. The summed E-state index contributed by atoms with van der Waals surface area (Å²) in [5.74, 6) is 0.399. The number of halogens is 1. The number of benzene rings is 2. The van der Waals surface area contributed by atoms with Crippen LogP contribution in [0, 0.1) is 12.7 Å². The van der Waals surface area contributed by atoms with Gasteiger partial charge in [-0.25, -0.2) is 4.39 Å². The summed E-state index contributed by atoms with van der Waals surface area (Å²) >= 11 is 0. The van der Waals surface area contributed by atoms with Crippen LogP contribution in [0.3, 0.4) is 0 Å². The molecule has 0 saturated heterocycles. The molecule has 3 rings (SSSR count). The second kappa shape index (κ2) is 5.76. The highest BCUT2D eigenvalue weighted by Gasteiger charge is 2.19. The van der Waals surface area contributed by atoms with E-state index in [4.69, 9.17) is 0 Å². The predicted octanol–water partition coefficient (Wildman–Crippen LogP) is 3.95. The minimum absolute atomic E-state index is 0.132. The second-order valence-corrected chi connectivity index (χ2v) is 5.64. The molecule has 1 aliphatic heterocycles. The van der Waals surface area contributed by atoms with Gasteiger partial charge in [-0.2, -0.15) is 0 Å². The molecular formula is C18H20FN. The van der Waals surface area contributed by atoms with Crippen molar-refractivity contribution in [2.45, 2.75) is 32.2 Å². The molecule has 0 amide bonds. The van der Waals surface area contributed by atoms with Gasteiger partial charge in [0.05, 0.1) is 0 Å². The maximum atomic E-state index is 13.3. The van der Waals surface area contributed by atoms with Gasteiger partial charge in [-0.15, -0.1) is 0 Å². The number of hydrogen-bond acceptors (Lipinski definition) is 1. The summed E-state index contributed by atoms with van der Waals surface area (Å²) in [4.78, 5) is 0. The van der Waals surface area contributed by atoms with Gasteiger partial charge in [-0.05, 0) is 60.1 Å². The largest absolute Gasteiger partial charge is 0.312 e. The lowest BCUT2D eigenvalue weighted by molar-refractivity contribution is 0.513. The van der Waals surface area contributed by atoms with E-state index in [1.54, 1.807) is 6.07 Å². The zero-order valence-electron chi connectivity index (χ0n) is 11.8. The fourth-order valence-corrected chi connectivity index (χ4v) is 3.08. The quantitative estimate of drug-likeness (QED) is 0.889. The Morgan fingerprint density at radius 1 is 1.20 bits per heavy atom. The van der Waals surface area contributed by atoms with Crippen molar-refractivity contribution in [1.29, 1.82) is 0 Å². The molecule has 1 unspecified atom stereocenters. The standard InChI is InChI=1S/C18H20FN/c1-13-6-9-17(19)10-14(13)7-8-16-12-20-11-15-4-2-3-5-18(15)16/h2-6,9-10,16,20H,7-8,11-12H2,1H3. The molecule has 20 heavy (non-hydrogen) atoms. The van der Waals surface area contributed by atoms with E-state index in [0.717, 1.165) is 31.5 Å². The molecule has 1 aliphatic rings. The molecular weight excluding hydrogens is 249 g/mol. The van der Waals surface area contributed by atoms with Crippen molar-refractivity contribution in [3.63, 3.8) is 0 Å². The van der Waals surface area contributed by atoms with Crippen LogP contribution in [0.5, 0.6) is 0 Å². The van der Waals surface area contributed by atoms with Gasteiger partial charge < -0.3 is 5.32 Å². The summed E-state index contributed by atoms with van der Waals surface area (Å²) in [5.41, 5.74) is 5.18. The first kappa shape index (κ1) is 13.3. The van der Waals surface area contributed by atoms with Crippen LogP contribution in [0.15, 0.2) is 42.5 Å². The fraction of sp³-hybridized carbons (Fsp3) is 0.333. The van der Waals surface area contributed by atoms with E-state index in [1.807, 2.05) is 6.07 Å². The highest BCUT2D eigenvalue weighted by Crippen LogP contribution is 2.28. The van der Waals surface area contributed by atoms with Crippen LogP contribution in [-0.4, -0.2) is 6.54 Å². The lowest BCUT2D eigenvalue weighted by atomic mass is 9.86. The smallest absolute Gasteiger partial charge is 0.123 e. The summed E-state index contributed by atoms with van der Waals surface area (Å²) < 4.78 is 13.3. The molecule has 2 heteroatoms. The van der Waals surface area contributed by atoms with Crippen LogP contribution in [-0.2, 0) is 13.0 Å². The molecule has 0 bridgehead atoms. The SMILES string of the molecule is Cc1ccc(F)cc1CCC1CNCc2ccccc21. The lowest BCUT2D eigenvalue weighted by Crippen LogP contribution is -2.28. The third-order valence-electron chi connectivity index (χ3n) is 4.27. The van der Waals surface area contributed by atoms with Crippen molar-refractivity contribution in [2.24, 2.45) is 0 Å². The average molecular weight is 269 g/mol.